The van der Waals surface area contributed by atoms with Gasteiger partial charge in [0.1, 0.15) is 0 Å². The van der Waals surface area contributed by atoms with Crippen LogP contribution in [0.4, 0.5) is 0 Å². The standard InChI is InChI=1S/C12H25NS/c1-10(2)6-4-7-11(13)12(3)8-5-9-14-12/h10-11H,4-9,13H2,1-3H3. The minimum absolute atomic E-state index is 0.386. The van der Waals surface area contributed by atoms with Crippen molar-refractivity contribution in [2.24, 2.45) is 11.7 Å². The first-order chi connectivity index (χ1) is 6.54. The highest BCUT2D eigenvalue weighted by Crippen LogP contribution is 2.40. The van der Waals surface area contributed by atoms with Crippen LogP contribution >= 0.6 is 11.8 Å². The Morgan fingerprint density at radius 3 is 2.57 bits per heavy atom. The number of rotatable bonds is 5. The fraction of sp³-hybridized carbons (Fsp3) is 1.00. The van der Waals surface area contributed by atoms with E-state index in [1.165, 1.54) is 37.9 Å². The predicted molar refractivity (Wildman–Crippen MR) is 66.8 cm³/mol. The summed E-state index contributed by atoms with van der Waals surface area (Å²) in [6, 6.07) is 0.411. The maximum Gasteiger partial charge on any atom is 0.0283 e. The Kier molecular flexibility index (Phi) is 4.78. The average Bonchev–Trinajstić information content (AvgIpc) is 2.52. The van der Waals surface area contributed by atoms with Crippen molar-refractivity contribution in [1.29, 1.82) is 0 Å². The first kappa shape index (κ1) is 12.4. The van der Waals surface area contributed by atoms with Gasteiger partial charge < -0.3 is 5.73 Å². The predicted octanol–water partition coefficient (Wildman–Crippen LogP) is 3.43. The maximum absolute atomic E-state index is 6.28. The summed E-state index contributed by atoms with van der Waals surface area (Å²) < 4.78 is 0.386. The van der Waals surface area contributed by atoms with Crippen molar-refractivity contribution in [2.75, 3.05) is 5.75 Å². The maximum atomic E-state index is 6.28. The van der Waals surface area contributed by atoms with Gasteiger partial charge in [0.05, 0.1) is 0 Å². The van der Waals surface area contributed by atoms with Crippen molar-refractivity contribution >= 4 is 11.8 Å². The van der Waals surface area contributed by atoms with E-state index in [-0.39, 0.29) is 0 Å². The fourth-order valence-electron chi connectivity index (χ4n) is 2.14. The van der Waals surface area contributed by atoms with E-state index in [9.17, 15) is 0 Å². The Bertz CT molecular complexity index is 162. The van der Waals surface area contributed by atoms with E-state index in [4.69, 9.17) is 5.73 Å². The Balaban J connectivity index is 2.23. The summed E-state index contributed by atoms with van der Waals surface area (Å²) in [4.78, 5) is 0. The molecule has 2 N–H and O–H groups in total. The third-order valence-corrected chi connectivity index (χ3v) is 4.99. The summed E-state index contributed by atoms with van der Waals surface area (Å²) in [5.41, 5.74) is 6.28. The number of nitrogens with two attached hydrogens (primary N) is 1. The second-order valence-corrected chi connectivity index (χ2v) is 6.83. The van der Waals surface area contributed by atoms with E-state index in [0.717, 1.165) is 5.92 Å². The summed E-state index contributed by atoms with van der Waals surface area (Å²) in [7, 11) is 0. The molecule has 1 rings (SSSR count). The van der Waals surface area contributed by atoms with Crippen molar-refractivity contribution in [3.63, 3.8) is 0 Å². The quantitative estimate of drug-likeness (QED) is 0.760. The van der Waals surface area contributed by atoms with Crippen LogP contribution in [0.2, 0.25) is 0 Å². The molecule has 0 amide bonds. The summed E-state index contributed by atoms with van der Waals surface area (Å²) in [5, 5.41) is 0. The lowest BCUT2D eigenvalue weighted by molar-refractivity contribution is 0.425. The third kappa shape index (κ3) is 3.47. The summed E-state index contributed by atoms with van der Waals surface area (Å²) >= 11 is 2.09. The Morgan fingerprint density at radius 2 is 2.07 bits per heavy atom. The molecule has 0 radical (unpaired) electrons. The molecule has 0 saturated carbocycles. The van der Waals surface area contributed by atoms with Gasteiger partial charge in [-0.25, -0.2) is 0 Å². The number of hydrogen-bond acceptors (Lipinski definition) is 2. The van der Waals surface area contributed by atoms with Crippen LogP contribution in [0.3, 0.4) is 0 Å². The van der Waals surface area contributed by atoms with Gasteiger partial charge in [-0.1, -0.05) is 26.7 Å². The smallest absolute Gasteiger partial charge is 0.0283 e. The van der Waals surface area contributed by atoms with Crippen molar-refractivity contribution in [3.8, 4) is 0 Å². The lowest BCUT2D eigenvalue weighted by atomic mass is 9.91. The van der Waals surface area contributed by atoms with Gasteiger partial charge in [-0.2, -0.15) is 11.8 Å². The summed E-state index contributed by atoms with van der Waals surface area (Å²) in [5.74, 6) is 2.14. The summed E-state index contributed by atoms with van der Waals surface area (Å²) in [6.07, 6.45) is 6.52. The largest absolute Gasteiger partial charge is 0.326 e. The van der Waals surface area contributed by atoms with Crippen LogP contribution in [0.15, 0.2) is 0 Å². The lowest BCUT2D eigenvalue weighted by Gasteiger charge is -2.30. The Hall–Kier alpha value is 0.310. The monoisotopic (exact) mass is 215 g/mol. The molecule has 0 aliphatic carbocycles. The molecule has 0 bridgehead atoms. The molecule has 14 heavy (non-hydrogen) atoms. The SMILES string of the molecule is CC(C)CCCC(N)C1(C)CCCS1. The van der Waals surface area contributed by atoms with Crippen LogP contribution in [0.5, 0.6) is 0 Å². The van der Waals surface area contributed by atoms with Crippen molar-refractivity contribution in [2.45, 2.75) is 63.7 Å². The van der Waals surface area contributed by atoms with Crippen LogP contribution in [-0.2, 0) is 0 Å². The zero-order valence-corrected chi connectivity index (χ0v) is 10.7. The molecule has 84 valence electrons. The van der Waals surface area contributed by atoms with E-state index >= 15 is 0 Å². The zero-order valence-electron chi connectivity index (χ0n) is 9.88. The molecule has 2 atom stereocenters. The van der Waals surface area contributed by atoms with Crippen molar-refractivity contribution in [3.05, 3.63) is 0 Å². The van der Waals surface area contributed by atoms with Crippen LogP contribution < -0.4 is 5.73 Å². The molecular formula is C12H25NS. The van der Waals surface area contributed by atoms with Gasteiger partial charge in [-0.3, -0.25) is 0 Å². The third-order valence-electron chi connectivity index (χ3n) is 3.33. The van der Waals surface area contributed by atoms with Gasteiger partial charge in [0, 0.05) is 10.8 Å². The van der Waals surface area contributed by atoms with Gasteiger partial charge >= 0.3 is 0 Å². The molecule has 1 aliphatic rings. The van der Waals surface area contributed by atoms with E-state index < -0.39 is 0 Å². The molecule has 0 aromatic heterocycles. The molecule has 0 aromatic rings. The average molecular weight is 215 g/mol. The molecule has 1 heterocycles. The fourth-order valence-corrected chi connectivity index (χ4v) is 3.52. The molecular weight excluding hydrogens is 190 g/mol. The minimum atomic E-state index is 0.386. The van der Waals surface area contributed by atoms with Gasteiger partial charge in [-0.15, -0.1) is 0 Å². The van der Waals surface area contributed by atoms with Gasteiger partial charge in [0.15, 0.2) is 0 Å². The van der Waals surface area contributed by atoms with Crippen LogP contribution in [-0.4, -0.2) is 16.5 Å². The minimum Gasteiger partial charge on any atom is -0.326 e. The molecule has 1 fully saturated rings. The highest BCUT2D eigenvalue weighted by atomic mass is 32.2. The van der Waals surface area contributed by atoms with Crippen LogP contribution in [0.25, 0.3) is 0 Å². The van der Waals surface area contributed by atoms with Crippen molar-refractivity contribution < 1.29 is 0 Å². The molecule has 1 aliphatic heterocycles. The lowest BCUT2D eigenvalue weighted by Crippen LogP contribution is -2.41. The van der Waals surface area contributed by atoms with E-state index in [2.05, 4.69) is 32.5 Å². The van der Waals surface area contributed by atoms with Gasteiger partial charge in [0.25, 0.3) is 0 Å². The zero-order chi connectivity index (χ0) is 10.6. The molecule has 2 unspecified atom stereocenters. The van der Waals surface area contributed by atoms with Crippen LogP contribution in [0, 0.1) is 5.92 Å². The molecule has 1 nitrogen and oxygen atoms in total. The molecule has 0 aromatic carbocycles. The Morgan fingerprint density at radius 1 is 1.36 bits per heavy atom. The second kappa shape index (κ2) is 5.41. The summed E-state index contributed by atoms with van der Waals surface area (Å²) in [6.45, 7) is 6.93. The first-order valence-corrected chi connectivity index (χ1v) is 6.93. The van der Waals surface area contributed by atoms with Crippen LogP contribution in [0.1, 0.15) is 52.9 Å². The van der Waals surface area contributed by atoms with E-state index in [1.54, 1.807) is 0 Å². The topological polar surface area (TPSA) is 26.0 Å². The highest BCUT2D eigenvalue weighted by Gasteiger charge is 2.35. The highest BCUT2D eigenvalue weighted by molar-refractivity contribution is 8.00. The normalized spacial score (nSPS) is 29.8. The number of thioether (sulfide) groups is 1. The Labute approximate surface area is 93.2 Å². The molecule has 2 heteroatoms. The number of hydrogen-bond donors (Lipinski definition) is 1. The van der Waals surface area contributed by atoms with E-state index in [1.807, 2.05) is 0 Å². The van der Waals surface area contributed by atoms with E-state index in [0.29, 0.717) is 10.8 Å². The first-order valence-electron chi connectivity index (χ1n) is 5.94. The van der Waals surface area contributed by atoms with Crippen molar-refractivity contribution in [1.82, 2.24) is 0 Å². The van der Waals surface area contributed by atoms with Gasteiger partial charge in [0.2, 0.25) is 0 Å². The second-order valence-electron chi connectivity index (χ2n) is 5.20. The van der Waals surface area contributed by atoms with Gasteiger partial charge in [-0.05, 0) is 37.9 Å². The molecule has 1 saturated heterocycles. The molecule has 0 spiro atoms.